The molecule has 2 N–H and O–H groups in total. The number of nitrogens with zero attached hydrogens (tertiary/aromatic N) is 4. The van der Waals surface area contributed by atoms with Crippen molar-refractivity contribution in [2.24, 2.45) is 9.98 Å². The first-order valence-corrected chi connectivity index (χ1v) is 11.0. The Balaban J connectivity index is 1.91. The van der Waals surface area contributed by atoms with Gasteiger partial charge in [-0.05, 0) is 90.3 Å². The molecular formula is C26H32N4O2. The summed E-state index contributed by atoms with van der Waals surface area (Å²) in [7, 11) is 8.15. The maximum absolute atomic E-state index is 11.3. The molecule has 0 fully saturated rings. The number of hydrogen-bond donors (Lipinski definition) is 2. The van der Waals surface area contributed by atoms with Crippen LogP contribution in [0.3, 0.4) is 0 Å². The standard InChI is InChI=1S/C26H32N4O2/c1-15-17(11-13-29(3)4)23-21(27-15)9-7-19(25(23)31)20-8-10-22-24(26(20)32)18(16(2)28-22)12-14-30(5)6/h7-10,31-32H,11-14H2,1-6H3. The van der Waals surface area contributed by atoms with E-state index in [-0.39, 0.29) is 11.5 Å². The van der Waals surface area contributed by atoms with Gasteiger partial charge in [0.15, 0.2) is 0 Å². The van der Waals surface area contributed by atoms with Crippen molar-refractivity contribution in [1.29, 1.82) is 0 Å². The smallest absolute Gasteiger partial charge is 0.133 e. The van der Waals surface area contributed by atoms with E-state index in [4.69, 9.17) is 0 Å². The molecule has 32 heavy (non-hydrogen) atoms. The van der Waals surface area contributed by atoms with Crippen molar-refractivity contribution in [3.05, 3.63) is 67.9 Å². The second-order valence-electron chi connectivity index (χ2n) is 9.17. The first-order chi connectivity index (χ1) is 15.2. The van der Waals surface area contributed by atoms with Crippen LogP contribution in [0.25, 0.3) is 11.1 Å². The Morgan fingerprint density at radius 1 is 0.656 bits per heavy atom. The Hall–Kier alpha value is -2.96. The van der Waals surface area contributed by atoms with Crippen LogP contribution in [0.15, 0.2) is 45.6 Å². The Bertz CT molecular complexity index is 1260. The summed E-state index contributed by atoms with van der Waals surface area (Å²) < 4.78 is 0. The normalized spacial score (nSPS) is 16.0. The van der Waals surface area contributed by atoms with Crippen LogP contribution in [-0.2, 0) is 0 Å². The van der Waals surface area contributed by atoms with E-state index in [1.807, 2.05) is 66.3 Å². The van der Waals surface area contributed by atoms with Crippen molar-refractivity contribution in [1.82, 2.24) is 9.80 Å². The van der Waals surface area contributed by atoms with Crippen LogP contribution in [0.1, 0.15) is 37.8 Å². The number of fused-ring (bicyclic) bond motifs is 2. The third kappa shape index (κ3) is 3.85. The van der Waals surface area contributed by atoms with Gasteiger partial charge in [-0.3, -0.25) is 9.98 Å². The van der Waals surface area contributed by atoms with Gasteiger partial charge in [0.25, 0.3) is 0 Å². The monoisotopic (exact) mass is 432 g/mol. The van der Waals surface area contributed by atoms with Crippen molar-refractivity contribution in [3.8, 4) is 11.5 Å². The van der Waals surface area contributed by atoms with Gasteiger partial charge in [0.05, 0.1) is 10.7 Å². The number of benzene rings is 2. The topological polar surface area (TPSA) is 71.7 Å². The second kappa shape index (κ2) is 8.52. The predicted molar refractivity (Wildman–Crippen MR) is 128 cm³/mol. The quantitative estimate of drug-likeness (QED) is 0.736. The minimum atomic E-state index is 0.178. The van der Waals surface area contributed by atoms with Crippen LogP contribution in [0.4, 0.5) is 0 Å². The largest absolute Gasteiger partial charge is 0.507 e. The lowest BCUT2D eigenvalue weighted by Gasteiger charge is -2.13. The lowest BCUT2D eigenvalue weighted by Crippen LogP contribution is -2.14. The molecule has 0 aromatic heterocycles. The zero-order valence-electron chi connectivity index (χ0n) is 19.8. The van der Waals surface area contributed by atoms with Crippen LogP contribution in [0.2, 0.25) is 0 Å². The molecule has 0 saturated heterocycles. The molecule has 0 atom stereocenters. The van der Waals surface area contributed by atoms with Crippen molar-refractivity contribution in [3.63, 3.8) is 0 Å². The summed E-state index contributed by atoms with van der Waals surface area (Å²) in [4.78, 5) is 13.6. The molecule has 0 radical (unpaired) electrons. The van der Waals surface area contributed by atoms with E-state index in [9.17, 15) is 10.2 Å². The summed E-state index contributed by atoms with van der Waals surface area (Å²) >= 11 is 0. The lowest BCUT2D eigenvalue weighted by atomic mass is 9.97. The molecule has 2 aromatic carbocycles. The molecule has 0 bridgehead atoms. The van der Waals surface area contributed by atoms with E-state index in [1.54, 1.807) is 0 Å². The third-order valence-corrected chi connectivity index (χ3v) is 6.27. The van der Waals surface area contributed by atoms with Crippen molar-refractivity contribution in [2.45, 2.75) is 26.7 Å². The summed E-state index contributed by atoms with van der Waals surface area (Å²) in [5.41, 5.74) is 5.57. The Labute approximate surface area is 188 Å². The van der Waals surface area contributed by atoms with Gasteiger partial charge in [-0.2, -0.15) is 0 Å². The second-order valence-corrected chi connectivity index (χ2v) is 9.17. The molecule has 2 aromatic rings. The minimum absolute atomic E-state index is 0.178. The summed E-state index contributed by atoms with van der Waals surface area (Å²) in [5, 5.41) is 25.5. The van der Waals surface area contributed by atoms with Crippen LogP contribution >= 0.6 is 0 Å². The number of hydrogen-bond acceptors (Lipinski definition) is 6. The lowest BCUT2D eigenvalue weighted by molar-refractivity contribution is 0.418. The molecular weight excluding hydrogens is 400 g/mol. The molecule has 2 heterocycles. The van der Waals surface area contributed by atoms with Gasteiger partial charge >= 0.3 is 0 Å². The molecule has 4 rings (SSSR count). The molecule has 0 amide bonds. The zero-order valence-corrected chi connectivity index (χ0v) is 19.8. The van der Waals surface area contributed by atoms with E-state index in [1.165, 1.54) is 0 Å². The first-order valence-electron chi connectivity index (χ1n) is 11.0. The van der Waals surface area contributed by atoms with E-state index in [2.05, 4.69) is 19.8 Å². The minimum Gasteiger partial charge on any atom is -0.507 e. The summed E-state index contributed by atoms with van der Waals surface area (Å²) in [6.45, 7) is 5.72. The van der Waals surface area contributed by atoms with Gasteiger partial charge in [0.1, 0.15) is 11.5 Å². The highest BCUT2D eigenvalue weighted by Gasteiger charge is 2.22. The van der Waals surface area contributed by atoms with Gasteiger partial charge in [-0.1, -0.05) is 0 Å². The van der Waals surface area contributed by atoms with E-state index in [0.717, 1.165) is 70.3 Å². The highest BCUT2D eigenvalue weighted by atomic mass is 16.3. The molecule has 0 saturated carbocycles. The molecule has 168 valence electrons. The van der Waals surface area contributed by atoms with Crippen LogP contribution in [0.5, 0.6) is 11.5 Å². The van der Waals surface area contributed by atoms with Crippen LogP contribution in [0, 0.1) is 10.4 Å². The molecule has 6 nitrogen and oxygen atoms in total. The molecule has 6 heteroatoms. The third-order valence-electron chi connectivity index (χ3n) is 6.27. The Kier molecular flexibility index (Phi) is 5.93. The maximum atomic E-state index is 11.3. The Morgan fingerprint density at radius 3 is 1.38 bits per heavy atom. The van der Waals surface area contributed by atoms with Crippen molar-refractivity contribution in [2.75, 3.05) is 41.3 Å². The highest BCUT2D eigenvalue weighted by Crippen LogP contribution is 2.35. The maximum Gasteiger partial charge on any atom is 0.133 e. The fraction of sp³-hybridized carbons (Fsp3) is 0.385. The van der Waals surface area contributed by atoms with E-state index < -0.39 is 0 Å². The molecule has 0 unspecified atom stereocenters. The summed E-state index contributed by atoms with van der Waals surface area (Å²) in [6, 6.07) is 7.57. The number of rotatable bonds is 6. The highest BCUT2D eigenvalue weighted by molar-refractivity contribution is 5.77. The predicted octanol–water partition coefficient (Wildman–Crippen LogP) is 3.02. The van der Waals surface area contributed by atoms with Crippen LogP contribution in [-0.4, -0.2) is 61.3 Å². The molecule has 2 aliphatic rings. The number of phenolic OH excluding ortho intramolecular Hbond substituents is 2. The van der Waals surface area contributed by atoms with E-state index >= 15 is 0 Å². The number of aromatic hydroxyl groups is 2. The summed E-state index contributed by atoms with van der Waals surface area (Å²) in [6.07, 6.45) is 1.61. The number of allylic oxidation sites excluding steroid dienone is 2. The van der Waals surface area contributed by atoms with Gasteiger partial charge in [0, 0.05) is 46.0 Å². The summed E-state index contributed by atoms with van der Waals surface area (Å²) in [5.74, 6) is 0.357. The molecule has 0 spiro atoms. The molecule has 0 aliphatic carbocycles. The van der Waals surface area contributed by atoms with Crippen molar-refractivity contribution >= 4 is 11.1 Å². The first kappa shape index (κ1) is 22.2. The average molecular weight is 433 g/mol. The van der Waals surface area contributed by atoms with Gasteiger partial charge in [-0.15, -0.1) is 0 Å². The SMILES string of the molecule is CC1=C(CCN(C)C)c2c(O)c(=c3ccc4c(c3O)C(CCN(C)C)=C(C)N=4)ccc2=N1. The Morgan fingerprint density at radius 2 is 1.03 bits per heavy atom. The van der Waals surface area contributed by atoms with Gasteiger partial charge < -0.3 is 20.0 Å². The van der Waals surface area contributed by atoms with E-state index in [0.29, 0.717) is 10.4 Å². The molecule has 2 aliphatic heterocycles. The fourth-order valence-corrected chi connectivity index (χ4v) is 4.52. The van der Waals surface area contributed by atoms with Crippen molar-refractivity contribution < 1.29 is 10.2 Å². The van der Waals surface area contributed by atoms with Crippen LogP contribution < -0.4 is 10.7 Å². The van der Waals surface area contributed by atoms with Gasteiger partial charge in [-0.25, -0.2) is 0 Å². The van der Waals surface area contributed by atoms with Gasteiger partial charge in [0.2, 0.25) is 0 Å². The zero-order chi connectivity index (χ0) is 23.2. The average Bonchev–Trinajstić information content (AvgIpc) is 3.22. The number of phenols is 2. The fourth-order valence-electron chi connectivity index (χ4n) is 4.52.